The number of rotatable bonds is 6. The van der Waals surface area contributed by atoms with Crippen LogP contribution in [-0.2, 0) is 6.54 Å². The van der Waals surface area contributed by atoms with Gasteiger partial charge in [-0.2, -0.15) is 10.2 Å². The number of aromatic nitrogens is 2. The zero-order chi connectivity index (χ0) is 19.4. The first-order valence-corrected chi connectivity index (χ1v) is 9.46. The number of hydrogen-bond acceptors (Lipinski definition) is 6. The van der Waals surface area contributed by atoms with E-state index in [2.05, 4.69) is 31.6 Å². The lowest BCUT2D eigenvalue weighted by Gasteiger charge is -2.01. The van der Waals surface area contributed by atoms with Crippen molar-refractivity contribution in [3.8, 4) is 0 Å². The van der Waals surface area contributed by atoms with Crippen molar-refractivity contribution < 1.29 is 9.72 Å². The summed E-state index contributed by atoms with van der Waals surface area (Å²) in [7, 11) is 0. The van der Waals surface area contributed by atoms with E-state index in [9.17, 15) is 14.9 Å². The molecule has 0 aliphatic carbocycles. The molecule has 0 unspecified atom stereocenters. The number of carbonyl (C=O) groups is 1. The molecule has 0 atom stereocenters. The third-order valence-electron chi connectivity index (χ3n) is 3.34. The first kappa shape index (κ1) is 19.2. The van der Waals surface area contributed by atoms with Gasteiger partial charge in [0.15, 0.2) is 5.69 Å². The molecule has 0 bridgehead atoms. The summed E-state index contributed by atoms with van der Waals surface area (Å²) in [5.41, 5.74) is 3.52. The molecule has 0 fully saturated rings. The van der Waals surface area contributed by atoms with Crippen molar-refractivity contribution >= 4 is 56.0 Å². The highest BCUT2D eigenvalue weighted by Gasteiger charge is 2.15. The monoisotopic (exact) mass is 467 g/mol. The molecule has 0 spiro atoms. The Morgan fingerprint density at radius 1 is 1.37 bits per heavy atom. The van der Waals surface area contributed by atoms with Crippen LogP contribution in [0.15, 0.2) is 52.2 Å². The fourth-order valence-corrected chi connectivity index (χ4v) is 3.44. The summed E-state index contributed by atoms with van der Waals surface area (Å²) in [6.45, 7) is 0.477. The van der Waals surface area contributed by atoms with Gasteiger partial charge in [-0.05, 0) is 39.7 Å². The van der Waals surface area contributed by atoms with Crippen molar-refractivity contribution in [3.63, 3.8) is 0 Å². The van der Waals surface area contributed by atoms with Crippen molar-refractivity contribution in [3.05, 3.63) is 78.3 Å². The maximum atomic E-state index is 12.2. The van der Waals surface area contributed by atoms with Gasteiger partial charge in [0.1, 0.15) is 0 Å². The molecule has 3 rings (SSSR count). The third-order valence-corrected chi connectivity index (χ3v) is 5.14. The number of carbonyl (C=O) groups excluding carboxylic acids is 1. The number of nitrogens with zero attached hydrogens (tertiary/aromatic N) is 4. The molecule has 2 heterocycles. The van der Waals surface area contributed by atoms with Crippen LogP contribution in [0.2, 0.25) is 5.02 Å². The van der Waals surface area contributed by atoms with E-state index >= 15 is 0 Å². The van der Waals surface area contributed by atoms with Crippen LogP contribution in [0, 0.1) is 10.1 Å². The minimum Gasteiger partial charge on any atom is -0.266 e. The quantitative estimate of drug-likeness (QED) is 0.334. The number of nitrogens with one attached hydrogen (secondary N) is 1. The van der Waals surface area contributed by atoms with Crippen LogP contribution >= 0.6 is 38.9 Å². The second kappa shape index (κ2) is 8.42. The highest BCUT2D eigenvalue weighted by atomic mass is 79.9. The van der Waals surface area contributed by atoms with Gasteiger partial charge in [0, 0.05) is 17.3 Å². The second-order valence-corrected chi connectivity index (χ2v) is 7.67. The van der Waals surface area contributed by atoms with Gasteiger partial charge in [0.05, 0.1) is 27.0 Å². The number of amides is 1. The first-order valence-electron chi connectivity index (χ1n) is 7.47. The molecule has 0 aliphatic rings. The lowest BCUT2D eigenvalue weighted by Crippen LogP contribution is -2.19. The van der Waals surface area contributed by atoms with Gasteiger partial charge in [-0.25, -0.2) is 5.43 Å². The Kier molecular flexibility index (Phi) is 5.99. The average molecular weight is 469 g/mol. The van der Waals surface area contributed by atoms with Crippen molar-refractivity contribution in [2.45, 2.75) is 6.54 Å². The first-order chi connectivity index (χ1) is 12.9. The van der Waals surface area contributed by atoms with Crippen LogP contribution in [0.5, 0.6) is 0 Å². The third kappa shape index (κ3) is 5.00. The summed E-state index contributed by atoms with van der Waals surface area (Å²) in [5.74, 6) is -0.501. The van der Waals surface area contributed by atoms with Crippen LogP contribution < -0.4 is 5.43 Å². The molecule has 0 saturated heterocycles. The predicted molar refractivity (Wildman–Crippen MR) is 107 cm³/mol. The van der Waals surface area contributed by atoms with Gasteiger partial charge in [0.25, 0.3) is 5.91 Å². The molecule has 8 nitrogen and oxygen atoms in total. The maximum absolute atomic E-state index is 12.2. The van der Waals surface area contributed by atoms with Gasteiger partial charge in [-0.1, -0.05) is 35.1 Å². The Hall–Kier alpha value is -2.56. The number of benzene rings is 1. The van der Waals surface area contributed by atoms with Crippen molar-refractivity contribution in [2.75, 3.05) is 0 Å². The van der Waals surface area contributed by atoms with Crippen LogP contribution in [0.1, 0.15) is 20.9 Å². The molecule has 11 heteroatoms. The molecule has 1 aromatic carbocycles. The Morgan fingerprint density at radius 2 is 2.11 bits per heavy atom. The van der Waals surface area contributed by atoms with Gasteiger partial charge in [-0.3, -0.25) is 19.6 Å². The Balaban J connectivity index is 1.64. The van der Waals surface area contributed by atoms with E-state index in [4.69, 9.17) is 11.6 Å². The van der Waals surface area contributed by atoms with E-state index in [-0.39, 0.29) is 10.7 Å². The van der Waals surface area contributed by atoms with Crippen molar-refractivity contribution in [1.29, 1.82) is 0 Å². The summed E-state index contributed by atoms with van der Waals surface area (Å²) in [5, 5.41) is 19.4. The molecular weight excluding hydrogens is 458 g/mol. The van der Waals surface area contributed by atoms with E-state index in [1.807, 2.05) is 12.1 Å². The fourth-order valence-electron chi connectivity index (χ4n) is 2.13. The molecule has 0 radical (unpaired) electrons. The molecule has 0 aliphatic heterocycles. The Bertz CT molecular complexity index is 1020. The molecule has 1 N–H and O–H groups in total. The lowest BCUT2D eigenvalue weighted by molar-refractivity contribution is -0.380. The van der Waals surface area contributed by atoms with Crippen LogP contribution in [-0.4, -0.2) is 26.8 Å². The average Bonchev–Trinajstić information content (AvgIpc) is 3.24. The number of halogens is 2. The van der Waals surface area contributed by atoms with Gasteiger partial charge in [-0.15, -0.1) is 0 Å². The molecule has 2 aromatic heterocycles. The summed E-state index contributed by atoms with van der Waals surface area (Å²) >= 11 is 10.1. The topological polar surface area (TPSA) is 102 Å². The molecule has 1 amide bonds. The summed E-state index contributed by atoms with van der Waals surface area (Å²) in [4.78, 5) is 22.9. The molecule has 138 valence electrons. The summed E-state index contributed by atoms with van der Waals surface area (Å²) < 4.78 is 2.14. The highest BCUT2D eigenvalue weighted by molar-refractivity contribution is 9.10. The zero-order valence-corrected chi connectivity index (χ0v) is 16.7. The largest absolute Gasteiger partial charge is 0.324 e. The van der Waals surface area contributed by atoms with Gasteiger partial charge < -0.3 is 0 Å². The smallest absolute Gasteiger partial charge is 0.266 e. The van der Waals surface area contributed by atoms with Crippen molar-refractivity contribution in [2.24, 2.45) is 5.10 Å². The standard InChI is InChI=1S/C16H11BrClN5O3S/c17-13-9-22(8-10-1-3-11(18)4-2-10)21-15(13)16(24)20-19-7-12-5-6-14(27-12)23(25)26/h1-7,9H,8H2,(H,20,24)/b19-7-. The zero-order valence-electron chi connectivity index (χ0n) is 13.5. The minimum absolute atomic E-state index is 0.00598. The fraction of sp³-hybridized carbons (Fsp3) is 0.0625. The Labute approximate surface area is 170 Å². The van der Waals surface area contributed by atoms with E-state index in [1.165, 1.54) is 12.3 Å². The lowest BCUT2D eigenvalue weighted by atomic mass is 10.2. The van der Waals surface area contributed by atoms with E-state index in [0.717, 1.165) is 16.9 Å². The van der Waals surface area contributed by atoms with E-state index in [0.29, 0.717) is 20.9 Å². The predicted octanol–water partition coefficient (Wildman–Crippen LogP) is 4.08. The van der Waals surface area contributed by atoms with Crippen LogP contribution in [0.25, 0.3) is 0 Å². The van der Waals surface area contributed by atoms with Gasteiger partial charge in [0.2, 0.25) is 0 Å². The Morgan fingerprint density at radius 3 is 2.78 bits per heavy atom. The highest BCUT2D eigenvalue weighted by Crippen LogP contribution is 2.22. The summed E-state index contributed by atoms with van der Waals surface area (Å²) in [6, 6.07) is 10.3. The second-order valence-electron chi connectivity index (χ2n) is 5.28. The molecular formula is C16H11BrClN5O3S. The van der Waals surface area contributed by atoms with Gasteiger partial charge >= 0.3 is 5.00 Å². The summed E-state index contributed by atoms with van der Waals surface area (Å²) in [6.07, 6.45) is 3.03. The number of hydrazone groups is 1. The molecule has 27 heavy (non-hydrogen) atoms. The van der Waals surface area contributed by atoms with Crippen molar-refractivity contribution in [1.82, 2.24) is 15.2 Å². The number of hydrogen-bond donors (Lipinski definition) is 1. The minimum atomic E-state index is -0.501. The normalized spacial score (nSPS) is 11.0. The van der Waals surface area contributed by atoms with Crippen LogP contribution in [0.3, 0.4) is 0 Å². The molecule has 0 saturated carbocycles. The number of nitro groups is 1. The van der Waals surface area contributed by atoms with E-state index < -0.39 is 10.8 Å². The van der Waals surface area contributed by atoms with Crippen LogP contribution in [0.4, 0.5) is 5.00 Å². The van der Waals surface area contributed by atoms with E-state index in [1.54, 1.807) is 29.1 Å². The SMILES string of the molecule is O=C(N/N=C\c1ccc([N+](=O)[O-])s1)c1nn(Cc2ccc(Cl)cc2)cc1Br. The molecule has 3 aromatic rings. The number of thiophene rings is 1. The maximum Gasteiger partial charge on any atom is 0.324 e.